The van der Waals surface area contributed by atoms with Crippen molar-refractivity contribution >= 4 is 0 Å². The lowest BCUT2D eigenvalue weighted by Crippen LogP contribution is -2.39. The molecular formula is C11H21N. The van der Waals surface area contributed by atoms with Crippen LogP contribution in [-0.2, 0) is 0 Å². The van der Waals surface area contributed by atoms with E-state index in [0.717, 1.165) is 11.3 Å². The molecule has 1 heteroatoms. The molecule has 0 amide bonds. The molecular weight excluding hydrogens is 146 g/mol. The van der Waals surface area contributed by atoms with Crippen LogP contribution in [0.15, 0.2) is 24.4 Å². The second-order valence-electron chi connectivity index (χ2n) is 4.57. The van der Waals surface area contributed by atoms with E-state index in [0.29, 0.717) is 6.04 Å². The van der Waals surface area contributed by atoms with Crippen molar-refractivity contribution in [1.29, 1.82) is 0 Å². The van der Waals surface area contributed by atoms with Crippen LogP contribution in [0.1, 0.15) is 34.6 Å². The summed E-state index contributed by atoms with van der Waals surface area (Å²) < 4.78 is 0. The zero-order valence-electron chi connectivity index (χ0n) is 8.99. The van der Waals surface area contributed by atoms with Crippen molar-refractivity contribution in [3.63, 3.8) is 0 Å². The van der Waals surface area contributed by atoms with E-state index < -0.39 is 0 Å². The second-order valence-corrected chi connectivity index (χ2v) is 4.57. The van der Waals surface area contributed by atoms with E-state index in [4.69, 9.17) is 0 Å². The number of rotatable bonds is 3. The molecule has 0 aliphatic rings. The molecule has 12 heavy (non-hydrogen) atoms. The van der Waals surface area contributed by atoms with E-state index in [1.165, 1.54) is 0 Å². The summed E-state index contributed by atoms with van der Waals surface area (Å²) >= 11 is 0. The highest BCUT2D eigenvalue weighted by Gasteiger charge is 2.24. The molecule has 0 spiro atoms. The van der Waals surface area contributed by atoms with Crippen molar-refractivity contribution in [2.75, 3.05) is 0 Å². The van der Waals surface area contributed by atoms with Gasteiger partial charge >= 0.3 is 0 Å². The van der Waals surface area contributed by atoms with Crippen molar-refractivity contribution in [3.8, 4) is 0 Å². The molecule has 0 fully saturated rings. The van der Waals surface area contributed by atoms with Crippen LogP contribution < -0.4 is 5.32 Å². The van der Waals surface area contributed by atoms with Gasteiger partial charge in [0.05, 0.1) is 6.04 Å². The van der Waals surface area contributed by atoms with Gasteiger partial charge in [0, 0.05) is 5.70 Å². The molecule has 1 atom stereocenters. The summed E-state index contributed by atoms with van der Waals surface area (Å²) in [7, 11) is 0. The Morgan fingerprint density at radius 2 is 1.58 bits per heavy atom. The monoisotopic (exact) mass is 167 g/mol. The van der Waals surface area contributed by atoms with Gasteiger partial charge in [-0.3, -0.25) is 0 Å². The second kappa shape index (κ2) is 3.79. The molecule has 0 rings (SSSR count). The van der Waals surface area contributed by atoms with Crippen LogP contribution in [0.2, 0.25) is 0 Å². The summed E-state index contributed by atoms with van der Waals surface area (Å²) in [6.45, 7) is 18.4. The van der Waals surface area contributed by atoms with Crippen LogP contribution in [-0.4, -0.2) is 6.04 Å². The number of hydrogen-bond acceptors (Lipinski definition) is 1. The molecule has 1 N–H and O–H groups in total. The Kier molecular flexibility index (Phi) is 3.56. The lowest BCUT2D eigenvalue weighted by Gasteiger charge is -2.32. The minimum absolute atomic E-state index is 0.199. The molecule has 1 unspecified atom stereocenters. The van der Waals surface area contributed by atoms with Gasteiger partial charge in [-0.2, -0.15) is 0 Å². The third-order valence-electron chi connectivity index (χ3n) is 1.75. The van der Waals surface area contributed by atoms with E-state index in [1.807, 2.05) is 13.8 Å². The summed E-state index contributed by atoms with van der Waals surface area (Å²) in [5, 5.41) is 3.33. The molecule has 0 heterocycles. The molecule has 0 aliphatic carbocycles. The average molecular weight is 167 g/mol. The molecule has 1 nitrogen and oxygen atoms in total. The minimum atomic E-state index is 0.199. The molecule has 0 aromatic rings. The van der Waals surface area contributed by atoms with E-state index in [9.17, 15) is 0 Å². The maximum atomic E-state index is 3.97. The molecule has 0 bridgehead atoms. The zero-order chi connectivity index (χ0) is 9.94. The van der Waals surface area contributed by atoms with Crippen LogP contribution >= 0.6 is 0 Å². The normalized spacial score (nSPS) is 13.8. The van der Waals surface area contributed by atoms with Crippen molar-refractivity contribution in [1.82, 2.24) is 5.32 Å². The van der Waals surface area contributed by atoms with Crippen molar-refractivity contribution in [2.24, 2.45) is 5.41 Å². The largest absolute Gasteiger partial charge is 0.382 e. The Bertz CT molecular complexity index is 184. The van der Waals surface area contributed by atoms with Crippen LogP contribution in [0.4, 0.5) is 0 Å². The van der Waals surface area contributed by atoms with E-state index >= 15 is 0 Å². The fourth-order valence-electron chi connectivity index (χ4n) is 1.33. The number of nitrogens with one attached hydrogen (secondary N) is 1. The van der Waals surface area contributed by atoms with E-state index in [2.05, 4.69) is 39.2 Å². The highest BCUT2D eigenvalue weighted by Crippen LogP contribution is 2.24. The predicted octanol–water partition coefficient (Wildman–Crippen LogP) is 3.10. The number of allylic oxidation sites excluding steroid dienone is 1. The summed E-state index contributed by atoms with van der Waals surface area (Å²) in [6, 6.07) is 0.315. The maximum Gasteiger partial charge on any atom is 0.0513 e. The van der Waals surface area contributed by atoms with Crippen molar-refractivity contribution in [3.05, 3.63) is 24.4 Å². The van der Waals surface area contributed by atoms with Gasteiger partial charge in [-0.15, -0.1) is 0 Å². The van der Waals surface area contributed by atoms with Gasteiger partial charge in [0.25, 0.3) is 0 Å². The topological polar surface area (TPSA) is 12.0 Å². The van der Waals surface area contributed by atoms with Gasteiger partial charge in [0.1, 0.15) is 0 Å². The molecule has 0 aromatic heterocycles. The van der Waals surface area contributed by atoms with Crippen LogP contribution in [0.5, 0.6) is 0 Å². The molecule has 0 aliphatic heterocycles. The standard InChI is InChI=1S/C11H21N/c1-8(2)10(11(5,6)7)12-9(3)4/h10,12H,1,3H2,2,4-7H3. The summed E-state index contributed by atoms with van der Waals surface area (Å²) in [4.78, 5) is 0. The van der Waals surface area contributed by atoms with Gasteiger partial charge in [-0.1, -0.05) is 39.5 Å². The Morgan fingerprint density at radius 1 is 1.17 bits per heavy atom. The molecule has 70 valence electrons. The lowest BCUT2D eigenvalue weighted by atomic mass is 9.83. The van der Waals surface area contributed by atoms with Gasteiger partial charge in [0.2, 0.25) is 0 Å². The average Bonchev–Trinajstić information content (AvgIpc) is 1.79. The van der Waals surface area contributed by atoms with Gasteiger partial charge in [-0.05, 0) is 19.3 Å². The van der Waals surface area contributed by atoms with Crippen LogP contribution in [0.25, 0.3) is 0 Å². The first-order chi connectivity index (χ1) is 5.25. The van der Waals surface area contributed by atoms with Crippen LogP contribution in [0.3, 0.4) is 0 Å². The Morgan fingerprint density at radius 3 is 1.67 bits per heavy atom. The van der Waals surface area contributed by atoms with Gasteiger partial charge in [-0.25, -0.2) is 0 Å². The molecule has 0 saturated carbocycles. The van der Waals surface area contributed by atoms with Crippen LogP contribution in [0, 0.1) is 5.41 Å². The van der Waals surface area contributed by atoms with E-state index in [1.54, 1.807) is 0 Å². The third-order valence-corrected chi connectivity index (χ3v) is 1.75. The van der Waals surface area contributed by atoms with E-state index in [-0.39, 0.29) is 5.41 Å². The summed E-state index contributed by atoms with van der Waals surface area (Å²) in [6.07, 6.45) is 0. The first kappa shape index (κ1) is 11.3. The SMILES string of the molecule is C=C(C)NC(C(=C)C)C(C)(C)C. The quantitative estimate of drug-likeness (QED) is 0.637. The predicted molar refractivity (Wildman–Crippen MR) is 56.0 cm³/mol. The zero-order valence-corrected chi connectivity index (χ0v) is 8.99. The smallest absolute Gasteiger partial charge is 0.0513 e. The molecule has 0 saturated heterocycles. The molecule has 0 radical (unpaired) electrons. The highest BCUT2D eigenvalue weighted by molar-refractivity contribution is 5.10. The van der Waals surface area contributed by atoms with Gasteiger partial charge in [0.15, 0.2) is 0 Å². The Hall–Kier alpha value is -0.720. The highest BCUT2D eigenvalue weighted by atomic mass is 14.9. The first-order valence-corrected chi connectivity index (χ1v) is 4.32. The summed E-state index contributed by atoms with van der Waals surface area (Å²) in [5.74, 6) is 0. The Labute approximate surface area is 76.6 Å². The summed E-state index contributed by atoms with van der Waals surface area (Å²) in [5.41, 5.74) is 2.36. The fourth-order valence-corrected chi connectivity index (χ4v) is 1.33. The number of hydrogen-bond donors (Lipinski definition) is 1. The first-order valence-electron chi connectivity index (χ1n) is 4.32. The third kappa shape index (κ3) is 3.61. The van der Waals surface area contributed by atoms with Crippen molar-refractivity contribution in [2.45, 2.75) is 40.7 Å². The Balaban J connectivity index is 4.46. The van der Waals surface area contributed by atoms with Crippen molar-refractivity contribution < 1.29 is 0 Å². The minimum Gasteiger partial charge on any atom is -0.382 e. The fraction of sp³-hybridized carbons (Fsp3) is 0.636. The molecule has 0 aromatic carbocycles. The van der Waals surface area contributed by atoms with Gasteiger partial charge < -0.3 is 5.32 Å². The lowest BCUT2D eigenvalue weighted by molar-refractivity contribution is 0.319. The maximum absolute atomic E-state index is 3.97.